The zero-order chi connectivity index (χ0) is 22.7. The number of hydrogen-bond donors (Lipinski definition) is 1. The van der Waals surface area contributed by atoms with Crippen LogP contribution < -0.4 is 5.32 Å². The Labute approximate surface area is 193 Å². The van der Waals surface area contributed by atoms with Crippen LogP contribution in [-0.2, 0) is 11.2 Å². The van der Waals surface area contributed by atoms with Crippen molar-refractivity contribution in [1.29, 1.82) is 0 Å². The fraction of sp³-hybridized carbons (Fsp3) is 0.269. The third kappa shape index (κ3) is 4.53. The highest BCUT2D eigenvalue weighted by Gasteiger charge is 2.28. The van der Waals surface area contributed by atoms with E-state index in [4.69, 9.17) is 16.6 Å². The average molecular weight is 448 g/mol. The molecule has 1 heterocycles. The Hall–Kier alpha value is -3.18. The van der Waals surface area contributed by atoms with Crippen molar-refractivity contribution >= 4 is 46.0 Å². The summed E-state index contributed by atoms with van der Waals surface area (Å²) in [4.78, 5) is 31.3. The van der Waals surface area contributed by atoms with E-state index in [9.17, 15) is 9.59 Å². The van der Waals surface area contributed by atoms with Crippen molar-refractivity contribution in [3.05, 3.63) is 75.9 Å². The van der Waals surface area contributed by atoms with Gasteiger partial charge in [0.1, 0.15) is 0 Å². The molecule has 164 valence electrons. The van der Waals surface area contributed by atoms with Crippen LogP contribution in [0.5, 0.6) is 0 Å². The minimum atomic E-state index is -0.0604. The minimum absolute atomic E-state index is 0.0123. The maximum atomic E-state index is 13.5. The van der Waals surface area contributed by atoms with Gasteiger partial charge in [-0.3, -0.25) is 9.59 Å². The van der Waals surface area contributed by atoms with Crippen LogP contribution in [0.25, 0.3) is 22.6 Å². The first kappa shape index (κ1) is 22.0. The molecule has 0 unspecified atom stereocenters. The summed E-state index contributed by atoms with van der Waals surface area (Å²) in [6, 6.07) is 15.6. The summed E-state index contributed by atoms with van der Waals surface area (Å²) in [6.07, 6.45) is 4.37. The van der Waals surface area contributed by atoms with Crippen LogP contribution >= 0.6 is 11.6 Å². The molecule has 0 fully saturated rings. The van der Waals surface area contributed by atoms with Crippen LogP contribution in [0.3, 0.4) is 0 Å². The number of aromatic nitrogens is 1. The number of hydrogen-bond acceptors (Lipinski definition) is 3. The molecule has 0 saturated heterocycles. The maximum Gasteiger partial charge on any atom is 0.254 e. The van der Waals surface area contributed by atoms with Gasteiger partial charge in [0, 0.05) is 37.5 Å². The molecule has 2 aromatic carbocycles. The molecule has 0 spiro atoms. The van der Waals surface area contributed by atoms with Crippen LogP contribution in [-0.4, -0.2) is 41.8 Å². The van der Waals surface area contributed by atoms with Gasteiger partial charge in [0.05, 0.1) is 16.8 Å². The molecule has 1 N–H and O–H groups in total. The summed E-state index contributed by atoms with van der Waals surface area (Å²) >= 11 is 6.38. The monoisotopic (exact) mass is 447 g/mol. The molecule has 6 heteroatoms. The summed E-state index contributed by atoms with van der Waals surface area (Å²) in [5.41, 5.74) is 5.49. The number of pyridine rings is 1. The predicted octanol–water partition coefficient (Wildman–Crippen LogP) is 4.97. The molecule has 0 atom stereocenters. The number of para-hydroxylation sites is 1. The Morgan fingerprint density at radius 1 is 1.12 bits per heavy atom. The summed E-state index contributed by atoms with van der Waals surface area (Å²) < 4.78 is 0. The van der Waals surface area contributed by atoms with Gasteiger partial charge in [0.25, 0.3) is 5.91 Å². The van der Waals surface area contributed by atoms with Gasteiger partial charge in [-0.25, -0.2) is 4.98 Å². The normalized spacial score (nSPS) is 13.9. The number of amides is 2. The van der Waals surface area contributed by atoms with Gasteiger partial charge in [0.15, 0.2) is 0 Å². The molecule has 1 aliphatic rings. The molecule has 3 aromatic rings. The van der Waals surface area contributed by atoms with Gasteiger partial charge in [0.2, 0.25) is 5.91 Å². The second kappa shape index (κ2) is 9.53. The third-order valence-electron chi connectivity index (χ3n) is 5.78. The molecule has 1 aromatic heterocycles. The Kier molecular flexibility index (Phi) is 6.56. The van der Waals surface area contributed by atoms with E-state index in [2.05, 4.69) is 11.4 Å². The number of halogens is 1. The lowest BCUT2D eigenvalue weighted by atomic mass is 9.99. The molecule has 4 rings (SSSR count). The molecule has 0 radical (unpaired) electrons. The van der Waals surface area contributed by atoms with Gasteiger partial charge >= 0.3 is 0 Å². The standard InChI is InChI=1S/C26H26ClN3O2/c1-17(31)28-14-7-15-30(2)26(32)24-20-9-4-6-11-23(20)29-25-19(12-13-21(24)25)16-18-8-3-5-10-22(18)27/h3-6,8-11,16H,7,12-15H2,1-2H3,(H,28,31)/b19-16-. The molecule has 0 saturated carbocycles. The van der Waals surface area contributed by atoms with Gasteiger partial charge in [-0.2, -0.15) is 0 Å². The fourth-order valence-electron chi connectivity index (χ4n) is 4.18. The summed E-state index contributed by atoms with van der Waals surface area (Å²) in [7, 11) is 1.81. The lowest BCUT2D eigenvalue weighted by Gasteiger charge is -2.20. The van der Waals surface area contributed by atoms with Crippen LogP contribution in [0, 0.1) is 0 Å². The van der Waals surface area contributed by atoms with Crippen molar-refractivity contribution < 1.29 is 9.59 Å². The lowest BCUT2D eigenvalue weighted by Crippen LogP contribution is -2.31. The van der Waals surface area contributed by atoms with E-state index in [-0.39, 0.29) is 11.8 Å². The van der Waals surface area contributed by atoms with Crippen molar-refractivity contribution in [2.24, 2.45) is 0 Å². The Balaban J connectivity index is 1.72. The number of benzene rings is 2. The first-order valence-electron chi connectivity index (χ1n) is 10.8. The molecule has 5 nitrogen and oxygen atoms in total. The van der Waals surface area contributed by atoms with Crippen LogP contribution in [0.2, 0.25) is 5.02 Å². The van der Waals surface area contributed by atoms with E-state index in [1.165, 1.54) is 6.92 Å². The smallest absolute Gasteiger partial charge is 0.254 e. The van der Waals surface area contributed by atoms with Crippen LogP contribution in [0.4, 0.5) is 0 Å². The van der Waals surface area contributed by atoms with Crippen LogP contribution in [0.15, 0.2) is 48.5 Å². The van der Waals surface area contributed by atoms with E-state index >= 15 is 0 Å². The highest BCUT2D eigenvalue weighted by atomic mass is 35.5. The number of nitrogens with zero attached hydrogens (tertiary/aromatic N) is 2. The van der Waals surface area contributed by atoms with E-state index in [0.717, 1.165) is 51.7 Å². The summed E-state index contributed by atoms with van der Waals surface area (Å²) in [6.45, 7) is 2.61. The number of fused-ring (bicyclic) bond motifs is 2. The largest absolute Gasteiger partial charge is 0.356 e. The zero-order valence-electron chi connectivity index (χ0n) is 18.3. The number of nitrogens with one attached hydrogen (secondary N) is 1. The van der Waals surface area contributed by atoms with E-state index in [0.29, 0.717) is 24.5 Å². The average Bonchev–Trinajstić information content (AvgIpc) is 3.18. The summed E-state index contributed by atoms with van der Waals surface area (Å²) in [5.74, 6) is -0.0727. The number of rotatable bonds is 6. The number of carbonyl (C=O) groups excluding carboxylic acids is 2. The molecule has 0 aliphatic heterocycles. The second-order valence-corrected chi connectivity index (χ2v) is 8.49. The molecule has 2 amide bonds. The maximum absolute atomic E-state index is 13.5. The van der Waals surface area contributed by atoms with Crippen molar-refractivity contribution in [3.8, 4) is 0 Å². The van der Waals surface area contributed by atoms with E-state index < -0.39 is 0 Å². The van der Waals surface area contributed by atoms with Crippen molar-refractivity contribution in [1.82, 2.24) is 15.2 Å². The third-order valence-corrected chi connectivity index (χ3v) is 6.13. The van der Waals surface area contributed by atoms with E-state index in [1.807, 2.05) is 55.6 Å². The minimum Gasteiger partial charge on any atom is -0.356 e. The quantitative estimate of drug-likeness (QED) is 0.542. The van der Waals surface area contributed by atoms with Gasteiger partial charge in [-0.05, 0) is 54.2 Å². The second-order valence-electron chi connectivity index (χ2n) is 8.09. The number of carbonyl (C=O) groups is 2. The van der Waals surface area contributed by atoms with Crippen LogP contribution in [0.1, 0.15) is 46.9 Å². The highest BCUT2D eigenvalue weighted by molar-refractivity contribution is 6.32. The lowest BCUT2D eigenvalue weighted by molar-refractivity contribution is -0.118. The van der Waals surface area contributed by atoms with Crippen molar-refractivity contribution in [3.63, 3.8) is 0 Å². The Morgan fingerprint density at radius 3 is 2.66 bits per heavy atom. The zero-order valence-corrected chi connectivity index (χ0v) is 19.1. The first-order chi connectivity index (χ1) is 15.5. The van der Waals surface area contributed by atoms with E-state index in [1.54, 1.807) is 4.90 Å². The molecular weight excluding hydrogens is 422 g/mol. The summed E-state index contributed by atoms with van der Waals surface area (Å²) in [5, 5.41) is 4.36. The molecule has 1 aliphatic carbocycles. The molecule has 32 heavy (non-hydrogen) atoms. The highest BCUT2D eigenvalue weighted by Crippen LogP contribution is 2.38. The Bertz CT molecular complexity index is 1220. The Morgan fingerprint density at radius 2 is 1.88 bits per heavy atom. The van der Waals surface area contributed by atoms with Crippen molar-refractivity contribution in [2.45, 2.75) is 26.2 Å². The predicted molar refractivity (Wildman–Crippen MR) is 130 cm³/mol. The SMILES string of the molecule is CC(=O)NCCCN(C)C(=O)c1c2c(nc3ccccc13)/C(=C\c1ccccc1Cl)CC2. The van der Waals surface area contributed by atoms with Gasteiger partial charge < -0.3 is 10.2 Å². The molecule has 0 bridgehead atoms. The molecular formula is C26H26ClN3O2. The number of allylic oxidation sites excluding steroid dienone is 1. The van der Waals surface area contributed by atoms with Gasteiger partial charge in [-0.15, -0.1) is 0 Å². The fourth-order valence-corrected chi connectivity index (χ4v) is 4.37. The topological polar surface area (TPSA) is 62.3 Å². The van der Waals surface area contributed by atoms with Crippen molar-refractivity contribution in [2.75, 3.05) is 20.1 Å². The first-order valence-corrected chi connectivity index (χ1v) is 11.2. The van der Waals surface area contributed by atoms with Gasteiger partial charge in [-0.1, -0.05) is 48.0 Å².